The lowest BCUT2D eigenvalue weighted by Gasteiger charge is -2.31. The molecule has 7 nitrogen and oxygen atoms in total. The normalized spacial score (nSPS) is 18.8. The standard InChI is InChI=1S/C16H27N3O4S/c1-10(2)11(3)17-16(20)14-6-8-19(9-7-14)24(21,22)15-12(4)18-23-13(15)5/h10-11,14H,6-9H2,1-5H3,(H,17,20). The number of hydrogen-bond acceptors (Lipinski definition) is 5. The summed E-state index contributed by atoms with van der Waals surface area (Å²) in [5.41, 5.74) is 0.373. The van der Waals surface area contributed by atoms with Gasteiger partial charge in [0.1, 0.15) is 10.6 Å². The first-order valence-corrected chi connectivity index (χ1v) is 9.82. The smallest absolute Gasteiger partial charge is 0.248 e. The van der Waals surface area contributed by atoms with Crippen LogP contribution in [0.3, 0.4) is 0 Å². The first kappa shape index (κ1) is 18.9. The van der Waals surface area contributed by atoms with Gasteiger partial charge >= 0.3 is 0 Å². The van der Waals surface area contributed by atoms with E-state index in [9.17, 15) is 13.2 Å². The van der Waals surface area contributed by atoms with Crippen molar-refractivity contribution in [2.24, 2.45) is 11.8 Å². The highest BCUT2D eigenvalue weighted by molar-refractivity contribution is 7.89. The van der Waals surface area contributed by atoms with Crippen molar-refractivity contribution in [3.05, 3.63) is 11.5 Å². The van der Waals surface area contributed by atoms with Crippen molar-refractivity contribution in [2.45, 2.75) is 58.4 Å². The summed E-state index contributed by atoms with van der Waals surface area (Å²) >= 11 is 0. The van der Waals surface area contributed by atoms with Gasteiger partial charge < -0.3 is 9.84 Å². The first-order chi connectivity index (χ1) is 11.1. The molecule has 1 amide bonds. The Bertz CT molecular complexity index is 669. The highest BCUT2D eigenvalue weighted by Crippen LogP contribution is 2.27. The second kappa shape index (κ2) is 7.23. The summed E-state index contributed by atoms with van der Waals surface area (Å²) in [6.07, 6.45) is 1.05. The summed E-state index contributed by atoms with van der Waals surface area (Å²) in [7, 11) is -3.62. The molecule has 1 unspecified atom stereocenters. The fourth-order valence-electron chi connectivity index (χ4n) is 2.84. The van der Waals surface area contributed by atoms with Crippen LogP contribution < -0.4 is 5.32 Å². The lowest BCUT2D eigenvalue weighted by molar-refractivity contribution is -0.127. The lowest BCUT2D eigenvalue weighted by Crippen LogP contribution is -2.45. The highest BCUT2D eigenvalue weighted by atomic mass is 32.2. The van der Waals surface area contributed by atoms with E-state index < -0.39 is 10.0 Å². The summed E-state index contributed by atoms with van der Waals surface area (Å²) in [5.74, 6) is 0.556. The Balaban J connectivity index is 2.01. The van der Waals surface area contributed by atoms with Crippen molar-refractivity contribution in [1.29, 1.82) is 0 Å². The third-order valence-electron chi connectivity index (χ3n) is 4.76. The van der Waals surface area contributed by atoms with Crippen molar-refractivity contribution >= 4 is 15.9 Å². The van der Waals surface area contributed by atoms with Crippen LogP contribution in [0.25, 0.3) is 0 Å². The molecule has 2 heterocycles. The molecule has 0 aliphatic carbocycles. The molecular formula is C16H27N3O4S. The minimum atomic E-state index is -3.62. The van der Waals surface area contributed by atoms with E-state index >= 15 is 0 Å². The van der Waals surface area contributed by atoms with Crippen LogP contribution >= 0.6 is 0 Å². The molecule has 8 heteroatoms. The number of aryl methyl sites for hydroxylation is 2. The minimum Gasteiger partial charge on any atom is -0.360 e. The van der Waals surface area contributed by atoms with Crippen LogP contribution in [0.4, 0.5) is 0 Å². The van der Waals surface area contributed by atoms with E-state index in [0.717, 1.165) is 0 Å². The third kappa shape index (κ3) is 3.80. The van der Waals surface area contributed by atoms with Gasteiger partial charge in [0.25, 0.3) is 0 Å². The van der Waals surface area contributed by atoms with Gasteiger partial charge in [-0.15, -0.1) is 0 Å². The third-order valence-corrected chi connectivity index (χ3v) is 6.90. The predicted octanol–water partition coefficient (Wildman–Crippen LogP) is 1.85. The van der Waals surface area contributed by atoms with Gasteiger partial charge in [0, 0.05) is 25.0 Å². The molecule has 1 aliphatic rings. The summed E-state index contributed by atoms with van der Waals surface area (Å²) < 4.78 is 31.9. The zero-order valence-corrected chi connectivity index (χ0v) is 15.8. The van der Waals surface area contributed by atoms with E-state index in [1.807, 2.05) is 6.92 Å². The minimum absolute atomic E-state index is 0.0191. The average Bonchev–Trinajstić information content (AvgIpc) is 2.86. The van der Waals surface area contributed by atoms with Crippen molar-refractivity contribution in [3.8, 4) is 0 Å². The lowest BCUT2D eigenvalue weighted by atomic mass is 9.96. The number of carbonyl (C=O) groups excluding carboxylic acids is 1. The van der Waals surface area contributed by atoms with E-state index in [4.69, 9.17) is 4.52 Å². The number of sulfonamides is 1. The molecule has 24 heavy (non-hydrogen) atoms. The number of aromatic nitrogens is 1. The van der Waals surface area contributed by atoms with Gasteiger partial charge in [0.2, 0.25) is 15.9 Å². The Labute approximate surface area is 143 Å². The van der Waals surface area contributed by atoms with Gasteiger partial charge in [-0.05, 0) is 39.5 Å². The monoisotopic (exact) mass is 357 g/mol. The predicted molar refractivity (Wildman–Crippen MR) is 89.9 cm³/mol. The van der Waals surface area contributed by atoms with Crippen molar-refractivity contribution < 1.29 is 17.7 Å². The van der Waals surface area contributed by atoms with E-state index in [1.165, 1.54) is 4.31 Å². The summed E-state index contributed by atoms with van der Waals surface area (Å²) in [5, 5.41) is 6.74. The maximum absolute atomic E-state index is 12.8. The Morgan fingerprint density at radius 1 is 1.25 bits per heavy atom. The Morgan fingerprint density at radius 3 is 2.29 bits per heavy atom. The van der Waals surface area contributed by atoms with Crippen LogP contribution in [0.15, 0.2) is 9.42 Å². The Kier molecular flexibility index (Phi) is 5.70. The maximum atomic E-state index is 12.8. The molecule has 1 fully saturated rings. The van der Waals surface area contributed by atoms with Crippen LogP contribution in [-0.2, 0) is 14.8 Å². The largest absolute Gasteiger partial charge is 0.360 e. The quantitative estimate of drug-likeness (QED) is 0.868. The Hall–Kier alpha value is -1.41. The van der Waals surface area contributed by atoms with Crippen molar-refractivity contribution in [3.63, 3.8) is 0 Å². The topological polar surface area (TPSA) is 92.5 Å². The van der Waals surface area contributed by atoms with Crippen LogP contribution in [0.2, 0.25) is 0 Å². The Morgan fingerprint density at radius 2 is 1.83 bits per heavy atom. The van der Waals surface area contributed by atoms with E-state index in [-0.39, 0.29) is 22.8 Å². The van der Waals surface area contributed by atoms with E-state index in [0.29, 0.717) is 43.3 Å². The number of rotatable bonds is 5. The molecule has 1 aromatic rings. The zero-order chi connectivity index (χ0) is 18.1. The SMILES string of the molecule is Cc1noc(C)c1S(=O)(=O)N1CCC(C(=O)NC(C)C(C)C)CC1. The molecule has 0 aromatic carbocycles. The second-order valence-corrected chi connectivity index (χ2v) is 8.75. The molecular weight excluding hydrogens is 330 g/mol. The number of carbonyl (C=O) groups is 1. The molecule has 0 saturated carbocycles. The fraction of sp³-hybridized carbons (Fsp3) is 0.750. The summed E-state index contributed by atoms with van der Waals surface area (Å²) in [6.45, 7) is 9.99. The molecule has 1 aromatic heterocycles. The number of amides is 1. The van der Waals surface area contributed by atoms with Gasteiger partial charge in [-0.25, -0.2) is 8.42 Å². The molecule has 0 radical (unpaired) electrons. The van der Waals surface area contributed by atoms with Crippen molar-refractivity contribution in [2.75, 3.05) is 13.1 Å². The second-order valence-electron chi connectivity index (χ2n) is 6.87. The number of hydrogen-bond donors (Lipinski definition) is 1. The summed E-state index contributed by atoms with van der Waals surface area (Å²) in [4.78, 5) is 12.5. The number of nitrogens with one attached hydrogen (secondary N) is 1. The molecule has 0 spiro atoms. The van der Waals surface area contributed by atoms with Crippen LogP contribution in [0.1, 0.15) is 45.1 Å². The average molecular weight is 357 g/mol. The van der Waals surface area contributed by atoms with Crippen LogP contribution in [0.5, 0.6) is 0 Å². The molecule has 0 bridgehead atoms. The van der Waals surface area contributed by atoms with Gasteiger partial charge in [-0.2, -0.15) is 4.31 Å². The zero-order valence-electron chi connectivity index (χ0n) is 15.0. The van der Waals surface area contributed by atoms with Crippen molar-refractivity contribution in [1.82, 2.24) is 14.8 Å². The molecule has 1 aliphatic heterocycles. The van der Waals surface area contributed by atoms with E-state index in [1.54, 1.807) is 13.8 Å². The maximum Gasteiger partial charge on any atom is 0.248 e. The van der Waals surface area contributed by atoms with Gasteiger partial charge in [-0.1, -0.05) is 19.0 Å². The molecule has 1 N–H and O–H groups in total. The molecule has 136 valence electrons. The van der Waals surface area contributed by atoms with Crippen LogP contribution in [-0.4, -0.2) is 42.9 Å². The molecule has 2 rings (SSSR count). The number of nitrogens with zero attached hydrogens (tertiary/aromatic N) is 2. The van der Waals surface area contributed by atoms with Crippen LogP contribution in [0, 0.1) is 25.7 Å². The fourth-order valence-corrected chi connectivity index (χ4v) is 4.60. The van der Waals surface area contributed by atoms with E-state index in [2.05, 4.69) is 24.3 Å². The van der Waals surface area contributed by atoms with Gasteiger partial charge in [-0.3, -0.25) is 4.79 Å². The van der Waals surface area contributed by atoms with Gasteiger partial charge in [0.05, 0.1) is 0 Å². The molecule has 1 saturated heterocycles. The first-order valence-electron chi connectivity index (χ1n) is 8.38. The highest BCUT2D eigenvalue weighted by Gasteiger charge is 2.35. The summed E-state index contributed by atoms with van der Waals surface area (Å²) in [6, 6.07) is 0.113. The number of piperidine rings is 1. The van der Waals surface area contributed by atoms with Gasteiger partial charge in [0.15, 0.2) is 5.76 Å². The molecule has 1 atom stereocenters.